The number of hydrogen-bond donors (Lipinski definition) is 0. The minimum Gasteiger partial charge on any atom is -0.161 e. The average Bonchev–Trinajstić information content (AvgIpc) is 1.98. The normalized spacial score (nSPS) is 16.2. The van der Waals surface area contributed by atoms with Gasteiger partial charge in [-0.3, -0.25) is 0 Å². The Morgan fingerprint density at radius 1 is 0.471 bits per heavy atom. The average molecular weight is 307 g/mol. The van der Waals surface area contributed by atoms with Crippen LogP contribution in [0.15, 0.2) is 0 Å². The summed E-state index contributed by atoms with van der Waals surface area (Å²) in [5, 5.41) is 0. The molecule has 0 fully saturated rings. The molecule has 0 saturated carbocycles. The molecule has 0 aromatic heterocycles. The van der Waals surface area contributed by atoms with Crippen LogP contribution in [0, 0.1) is 0 Å². The van der Waals surface area contributed by atoms with Crippen LogP contribution in [0.5, 0.6) is 0 Å². The topological polar surface area (TPSA) is 0 Å². The summed E-state index contributed by atoms with van der Waals surface area (Å²) >= 11 is 0. The molecule has 13 heteroatoms. The van der Waals surface area contributed by atoms with Gasteiger partial charge < -0.3 is 0 Å². The molecule has 0 amide bonds. The molecule has 0 nitrogen and oxygen atoms in total. The highest BCUT2D eigenvalue weighted by Crippen LogP contribution is 2.87. The van der Waals surface area contributed by atoms with Gasteiger partial charge in [-0.15, -0.1) is 0 Å². The van der Waals surface area contributed by atoms with E-state index in [-0.39, 0.29) is 0 Å². The van der Waals surface area contributed by atoms with E-state index in [1.165, 1.54) is 0 Å². The van der Waals surface area contributed by atoms with Crippen molar-refractivity contribution >= 4 is 7.88 Å². The maximum absolute atomic E-state index is 12.1. The molecule has 0 N–H and O–H groups in total. The Morgan fingerprint density at radius 3 is 0.765 bits per heavy atom. The smallest absolute Gasteiger partial charge is 0.161 e. The van der Waals surface area contributed by atoms with Gasteiger partial charge in [0.25, 0.3) is 0 Å². The zero-order chi connectivity index (χ0) is 14.5. The van der Waals surface area contributed by atoms with Gasteiger partial charge in [-0.05, 0) is 8.39 Å². The summed E-state index contributed by atoms with van der Waals surface area (Å²) in [6.07, 6.45) is -14.4. The van der Waals surface area contributed by atoms with Crippen LogP contribution in [0.4, 0.5) is 52.3 Å². The van der Waals surface area contributed by atoms with E-state index in [0.29, 0.717) is 0 Å². The van der Waals surface area contributed by atoms with E-state index in [2.05, 4.69) is 0 Å². The van der Waals surface area contributed by atoms with E-state index in [4.69, 9.17) is 0 Å². The molecule has 0 rings (SSSR count). The molecule has 0 aromatic rings. The van der Waals surface area contributed by atoms with Gasteiger partial charge in [-0.1, -0.05) is 0 Å². The van der Waals surface area contributed by atoms with Crippen LogP contribution >= 0.6 is 7.88 Å². The summed E-state index contributed by atoms with van der Waals surface area (Å²) in [5.74, 6) is 0. The third kappa shape index (κ3) is 2.27. The highest BCUT2D eigenvalue weighted by atomic mass is 31.2. The minimum atomic E-state index is -9.01. The van der Waals surface area contributed by atoms with E-state index >= 15 is 0 Å². The first-order valence-electron chi connectivity index (χ1n) is 3.18. The van der Waals surface area contributed by atoms with Crippen molar-refractivity contribution in [1.82, 2.24) is 0 Å². The molecule has 0 bridgehead atoms. The maximum Gasteiger partial charge on any atom is 0.547 e. The minimum absolute atomic E-state index is 7.21. The Balaban J connectivity index is 5.73. The van der Waals surface area contributed by atoms with Gasteiger partial charge in [0.05, 0.1) is 0 Å². The van der Waals surface area contributed by atoms with Crippen LogP contribution in [0.2, 0.25) is 0 Å². The zero-order valence-corrected chi connectivity index (χ0v) is 7.88. The van der Waals surface area contributed by atoms with Gasteiger partial charge in [0.15, 0.2) is 0 Å². The van der Waals surface area contributed by atoms with Crippen LogP contribution in [-0.4, -0.2) is 23.7 Å². The second kappa shape index (κ2) is 3.79. The molecule has 0 radical (unpaired) electrons. The molecule has 0 unspecified atom stereocenters. The molecular formula is C4F12P+. The molecule has 0 aliphatic heterocycles. The van der Waals surface area contributed by atoms with Crippen LogP contribution in [0.25, 0.3) is 0 Å². The lowest BCUT2D eigenvalue weighted by Crippen LogP contribution is -2.47. The third-order valence-electron chi connectivity index (χ3n) is 1.39. The molecule has 0 heterocycles. The summed E-state index contributed by atoms with van der Waals surface area (Å²) in [5.41, 5.74) is -14.8. The Bertz CT molecular complexity index is 254. The van der Waals surface area contributed by atoms with Crippen molar-refractivity contribution in [3.05, 3.63) is 0 Å². The summed E-state index contributed by atoms with van der Waals surface area (Å²) in [6.45, 7) is 0. The van der Waals surface area contributed by atoms with Crippen molar-refractivity contribution < 1.29 is 52.3 Å². The van der Waals surface area contributed by atoms with Gasteiger partial charge in [0.1, 0.15) is 0 Å². The molecule has 0 spiro atoms. The van der Waals surface area contributed by atoms with E-state index in [1.807, 2.05) is 0 Å². The molecule has 0 aromatic carbocycles. The molecule has 0 aliphatic carbocycles. The quantitative estimate of drug-likeness (QED) is 0.493. The van der Waals surface area contributed by atoms with Crippen molar-refractivity contribution in [2.75, 3.05) is 0 Å². The molecule has 104 valence electrons. The molecule has 17 heavy (non-hydrogen) atoms. The van der Waals surface area contributed by atoms with Gasteiger partial charge in [-0.25, -0.2) is 0 Å². The van der Waals surface area contributed by atoms with Gasteiger partial charge >= 0.3 is 31.6 Å². The standard InChI is InChI=1S/C4F12P/c5-1(6,7)3(11,12)17(15,16)4(13,14)2(8,9)10/q+1. The summed E-state index contributed by atoms with van der Waals surface area (Å²) < 4.78 is 140. The molecular weight excluding hydrogens is 307 g/mol. The van der Waals surface area contributed by atoms with Crippen LogP contribution in [0.1, 0.15) is 0 Å². The Morgan fingerprint density at radius 2 is 0.647 bits per heavy atom. The largest absolute Gasteiger partial charge is 0.547 e. The first-order chi connectivity index (χ1) is 7.00. The SMILES string of the molecule is FC(F)(F)C(F)(F)[P+](F)(F)C(F)(F)C(F)(F)F. The second-order valence-corrected chi connectivity index (χ2v) is 4.74. The molecule has 0 saturated heterocycles. The summed E-state index contributed by atoms with van der Waals surface area (Å²) in [4.78, 5) is 0. The van der Waals surface area contributed by atoms with Gasteiger partial charge in [-0.2, -0.15) is 43.9 Å². The third-order valence-corrected chi connectivity index (χ3v) is 3.31. The van der Waals surface area contributed by atoms with Crippen molar-refractivity contribution in [2.45, 2.75) is 23.7 Å². The lowest BCUT2D eigenvalue weighted by Gasteiger charge is -2.25. The van der Waals surface area contributed by atoms with E-state index < -0.39 is 31.6 Å². The van der Waals surface area contributed by atoms with Crippen molar-refractivity contribution in [3.8, 4) is 0 Å². The summed E-state index contributed by atoms with van der Waals surface area (Å²) in [6, 6.07) is 0. The Labute approximate surface area is 85.1 Å². The lowest BCUT2D eigenvalue weighted by molar-refractivity contribution is -0.271. The molecule has 0 aliphatic rings. The Kier molecular flexibility index (Phi) is 3.70. The summed E-state index contributed by atoms with van der Waals surface area (Å²) in [7, 11) is -9.01. The number of hydrogen-bond acceptors (Lipinski definition) is 0. The maximum atomic E-state index is 12.1. The fourth-order valence-corrected chi connectivity index (χ4v) is 1.48. The number of rotatable bonds is 2. The fraction of sp³-hybridized carbons (Fsp3) is 1.00. The fourth-order valence-electron chi connectivity index (χ4n) is 0.495. The van der Waals surface area contributed by atoms with Gasteiger partial charge in [0.2, 0.25) is 0 Å². The zero-order valence-electron chi connectivity index (χ0n) is 6.98. The predicted molar refractivity (Wildman–Crippen MR) is 31.1 cm³/mol. The van der Waals surface area contributed by atoms with Crippen molar-refractivity contribution in [2.24, 2.45) is 0 Å². The van der Waals surface area contributed by atoms with Crippen LogP contribution < -0.4 is 0 Å². The first-order valence-corrected chi connectivity index (χ1v) is 4.75. The second-order valence-electron chi connectivity index (χ2n) is 2.59. The van der Waals surface area contributed by atoms with Crippen LogP contribution in [-0.2, 0) is 0 Å². The Hall–Kier alpha value is -0.410. The van der Waals surface area contributed by atoms with E-state index in [0.717, 1.165) is 0 Å². The van der Waals surface area contributed by atoms with Crippen molar-refractivity contribution in [1.29, 1.82) is 0 Å². The van der Waals surface area contributed by atoms with Crippen LogP contribution in [0.3, 0.4) is 0 Å². The molecule has 0 atom stereocenters. The monoisotopic (exact) mass is 307 g/mol. The first kappa shape index (κ1) is 16.6. The van der Waals surface area contributed by atoms with E-state index in [1.54, 1.807) is 0 Å². The highest BCUT2D eigenvalue weighted by molar-refractivity contribution is 7.68. The highest BCUT2D eigenvalue weighted by Gasteiger charge is 2.98. The number of halogens is 12. The predicted octanol–water partition coefficient (Wildman–Crippen LogP) is 5.08. The number of alkyl halides is 10. The van der Waals surface area contributed by atoms with E-state index in [9.17, 15) is 52.3 Å². The van der Waals surface area contributed by atoms with Gasteiger partial charge in [0, 0.05) is 0 Å². The lowest BCUT2D eigenvalue weighted by atomic mass is 10.7. The van der Waals surface area contributed by atoms with Crippen molar-refractivity contribution in [3.63, 3.8) is 0 Å².